The molecule has 3 aromatic rings. The summed E-state index contributed by atoms with van der Waals surface area (Å²) in [6.07, 6.45) is 4.08. The molecule has 0 spiro atoms. The Morgan fingerprint density at radius 1 is 1.23 bits per heavy atom. The molecule has 2 N–H and O–H groups in total. The quantitative estimate of drug-likeness (QED) is 0.614. The summed E-state index contributed by atoms with van der Waals surface area (Å²) in [5.41, 5.74) is 2.37. The summed E-state index contributed by atoms with van der Waals surface area (Å²) in [7, 11) is -3.47. The molecule has 0 radical (unpaired) electrons. The number of hydrogen-bond donors (Lipinski definition) is 2. The van der Waals surface area contributed by atoms with Crippen molar-refractivity contribution in [1.29, 1.82) is 0 Å². The van der Waals surface area contributed by atoms with Crippen LogP contribution >= 0.6 is 0 Å². The fourth-order valence-corrected chi connectivity index (χ4v) is 4.99. The van der Waals surface area contributed by atoms with Gasteiger partial charge in [-0.3, -0.25) is 4.79 Å². The summed E-state index contributed by atoms with van der Waals surface area (Å²) >= 11 is 0. The van der Waals surface area contributed by atoms with Crippen LogP contribution in [0.5, 0.6) is 0 Å². The van der Waals surface area contributed by atoms with E-state index >= 15 is 0 Å². The first-order valence-corrected chi connectivity index (χ1v) is 11.4. The standard InChI is InChI=1S/C22H22N4O3S/c27-21(7-6-17-4-2-1-3-5-17)26-13-10-18(15-26)16-30(28,29)25-14-19-8-11-23-22-20(19)9-12-24-22/h1-5,8-9,11-12,18,25H,10,13-16H2,(H,23,24). The normalized spacial score (nSPS) is 16.4. The second kappa shape index (κ2) is 8.69. The lowest BCUT2D eigenvalue weighted by Crippen LogP contribution is -2.32. The van der Waals surface area contributed by atoms with E-state index in [-0.39, 0.29) is 24.1 Å². The zero-order valence-corrected chi connectivity index (χ0v) is 17.2. The fourth-order valence-electron chi connectivity index (χ4n) is 3.61. The van der Waals surface area contributed by atoms with Gasteiger partial charge in [0.25, 0.3) is 5.91 Å². The number of rotatable bonds is 5. The van der Waals surface area contributed by atoms with Crippen molar-refractivity contribution in [3.05, 3.63) is 66.0 Å². The lowest BCUT2D eigenvalue weighted by atomic mass is 10.2. The third kappa shape index (κ3) is 4.87. The van der Waals surface area contributed by atoms with Crippen molar-refractivity contribution in [2.24, 2.45) is 5.92 Å². The van der Waals surface area contributed by atoms with Gasteiger partial charge in [0, 0.05) is 48.9 Å². The van der Waals surface area contributed by atoms with E-state index in [1.54, 1.807) is 23.4 Å². The summed E-state index contributed by atoms with van der Waals surface area (Å²) < 4.78 is 27.8. The number of benzene rings is 1. The summed E-state index contributed by atoms with van der Waals surface area (Å²) in [5.74, 6) is 5.13. The highest BCUT2D eigenvalue weighted by Crippen LogP contribution is 2.19. The Balaban J connectivity index is 1.31. The number of carbonyl (C=O) groups is 1. The van der Waals surface area contributed by atoms with E-state index in [2.05, 4.69) is 26.5 Å². The number of aromatic amines is 1. The molecule has 7 nitrogen and oxygen atoms in total. The Morgan fingerprint density at radius 3 is 2.90 bits per heavy atom. The van der Waals surface area contributed by atoms with Crippen molar-refractivity contribution in [3.8, 4) is 11.8 Å². The molecule has 3 heterocycles. The molecule has 0 saturated carbocycles. The maximum absolute atomic E-state index is 12.6. The van der Waals surface area contributed by atoms with Crippen molar-refractivity contribution >= 4 is 27.0 Å². The molecule has 1 unspecified atom stereocenters. The number of carbonyl (C=O) groups excluding carboxylic acids is 1. The van der Waals surface area contributed by atoms with E-state index in [1.807, 2.05) is 36.4 Å². The van der Waals surface area contributed by atoms with Crippen molar-refractivity contribution < 1.29 is 13.2 Å². The predicted molar refractivity (Wildman–Crippen MR) is 115 cm³/mol. The Hall–Kier alpha value is -3.15. The molecule has 1 amide bonds. The molecule has 1 fully saturated rings. The zero-order valence-electron chi connectivity index (χ0n) is 16.3. The smallest absolute Gasteiger partial charge is 0.298 e. The molecule has 4 rings (SSSR count). The molecule has 1 aromatic carbocycles. The Labute approximate surface area is 175 Å². The second-order valence-electron chi connectivity index (χ2n) is 7.33. The van der Waals surface area contributed by atoms with Gasteiger partial charge in [-0.05, 0) is 42.2 Å². The highest BCUT2D eigenvalue weighted by atomic mass is 32.2. The maximum Gasteiger partial charge on any atom is 0.298 e. The van der Waals surface area contributed by atoms with Crippen LogP contribution in [0.4, 0.5) is 0 Å². The highest BCUT2D eigenvalue weighted by molar-refractivity contribution is 7.89. The molecular weight excluding hydrogens is 400 g/mol. The van der Waals surface area contributed by atoms with E-state index in [1.165, 1.54) is 0 Å². The summed E-state index contributed by atoms with van der Waals surface area (Å²) in [6, 6.07) is 13.0. The number of nitrogens with zero attached hydrogens (tertiary/aromatic N) is 2. The molecule has 1 aliphatic rings. The number of pyridine rings is 1. The first-order chi connectivity index (χ1) is 14.5. The first-order valence-electron chi connectivity index (χ1n) is 9.74. The van der Waals surface area contributed by atoms with Gasteiger partial charge in [-0.2, -0.15) is 0 Å². The zero-order chi connectivity index (χ0) is 21.0. The van der Waals surface area contributed by atoms with Crippen molar-refractivity contribution in [2.45, 2.75) is 13.0 Å². The number of amides is 1. The van der Waals surface area contributed by atoms with E-state index in [9.17, 15) is 13.2 Å². The summed E-state index contributed by atoms with van der Waals surface area (Å²) in [4.78, 5) is 21.2. The number of fused-ring (bicyclic) bond motifs is 1. The average Bonchev–Trinajstić information content (AvgIpc) is 3.40. The molecule has 8 heteroatoms. The Kier molecular flexibility index (Phi) is 5.84. The van der Waals surface area contributed by atoms with E-state index < -0.39 is 10.0 Å². The molecule has 1 aliphatic heterocycles. The minimum Gasteiger partial charge on any atom is -0.346 e. The summed E-state index contributed by atoms with van der Waals surface area (Å²) in [5, 5.41) is 0.898. The second-order valence-corrected chi connectivity index (χ2v) is 9.19. The molecule has 2 aromatic heterocycles. The van der Waals surface area contributed by atoms with Gasteiger partial charge < -0.3 is 9.88 Å². The van der Waals surface area contributed by atoms with Gasteiger partial charge in [-0.25, -0.2) is 18.1 Å². The Bertz CT molecular complexity index is 1210. The minimum absolute atomic E-state index is 0.00967. The molecule has 154 valence electrons. The average molecular weight is 423 g/mol. The summed E-state index contributed by atoms with van der Waals surface area (Å²) in [6.45, 7) is 1.13. The first kappa shape index (κ1) is 20.1. The van der Waals surface area contributed by atoms with Crippen LogP contribution in [0.25, 0.3) is 11.0 Å². The van der Waals surface area contributed by atoms with E-state index in [4.69, 9.17) is 0 Å². The number of hydrogen-bond acceptors (Lipinski definition) is 4. The monoisotopic (exact) mass is 422 g/mol. The molecule has 1 atom stereocenters. The fraction of sp³-hybridized carbons (Fsp3) is 0.273. The molecule has 0 bridgehead atoms. The number of likely N-dealkylation sites (tertiary alicyclic amines) is 1. The van der Waals surface area contributed by atoms with Crippen LogP contribution < -0.4 is 4.72 Å². The maximum atomic E-state index is 12.6. The lowest BCUT2D eigenvalue weighted by molar-refractivity contribution is -0.124. The predicted octanol–water partition coefficient (Wildman–Crippen LogP) is 1.88. The number of sulfonamides is 1. The third-order valence-corrected chi connectivity index (χ3v) is 6.64. The van der Waals surface area contributed by atoms with Crippen LogP contribution in [0.15, 0.2) is 54.9 Å². The van der Waals surface area contributed by atoms with Crippen LogP contribution in [0, 0.1) is 17.8 Å². The van der Waals surface area contributed by atoms with Crippen molar-refractivity contribution in [1.82, 2.24) is 19.6 Å². The van der Waals surface area contributed by atoms with Gasteiger partial charge in [0.2, 0.25) is 10.0 Å². The van der Waals surface area contributed by atoms with Crippen LogP contribution in [0.3, 0.4) is 0 Å². The molecule has 30 heavy (non-hydrogen) atoms. The van der Waals surface area contributed by atoms with Gasteiger partial charge in [-0.15, -0.1) is 0 Å². The largest absolute Gasteiger partial charge is 0.346 e. The molecule has 1 saturated heterocycles. The van der Waals surface area contributed by atoms with Gasteiger partial charge in [0.1, 0.15) is 5.65 Å². The van der Waals surface area contributed by atoms with Crippen LogP contribution in [0.2, 0.25) is 0 Å². The third-order valence-electron chi connectivity index (χ3n) is 5.15. The van der Waals surface area contributed by atoms with Crippen molar-refractivity contribution in [2.75, 3.05) is 18.8 Å². The van der Waals surface area contributed by atoms with Gasteiger partial charge in [0.05, 0.1) is 5.75 Å². The number of nitrogens with one attached hydrogen (secondary N) is 2. The SMILES string of the molecule is O=C(C#Cc1ccccc1)N1CCC(CS(=O)(=O)NCc2ccnc3[nH]ccc23)C1. The van der Waals surface area contributed by atoms with Gasteiger partial charge in [-0.1, -0.05) is 24.1 Å². The van der Waals surface area contributed by atoms with Crippen LogP contribution in [0.1, 0.15) is 17.5 Å². The minimum atomic E-state index is -3.47. The highest BCUT2D eigenvalue weighted by Gasteiger charge is 2.29. The van der Waals surface area contributed by atoms with Gasteiger partial charge >= 0.3 is 0 Å². The molecule has 0 aliphatic carbocycles. The van der Waals surface area contributed by atoms with Gasteiger partial charge in [0.15, 0.2) is 0 Å². The van der Waals surface area contributed by atoms with Crippen LogP contribution in [-0.2, 0) is 21.4 Å². The van der Waals surface area contributed by atoms with E-state index in [0.717, 1.165) is 22.2 Å². The van der Waals surface area contributed by atoms with E-state index in [0.29, 0.717) is 19.5 Å². The number of H-pyrrole nitrogens is 1. The van der Waals surface area contributed by atoms with Crippen molar-refractivity contribution in [3.63, 3.8) is 0 Å². The Morgan fingerprint density at radius 2 is 2.07 bits per heavy atom. The lowest BCUT2D eigenvalue weighted by Gasteiger charge is -2.14. The molecular formula is C22H22N4O3S. The topological polar surface area (TPSA) is 95.2 Å². The number of aromatic nitrogens is 2. The van der Waals surface area contributed by atoms with Crippen LogP contribution in [-0.4, -0.2) is 48.0 Å².